The highest BCUT2D eigenvalue weighted by Gasteiger charge is 2.05. The van der Waals surface area contributed by atoms with Gasteiger partial charge in [0.05, 0.1) is 19.6 Å². The molecule has 0 saturated carbocycles. The van der Waals surface area contributed by atoms with Crippen LogP contribution in [0.15, 0.2) is 48.5 Å². The predicted molar refractivity (Wildman–Crippen MR) is 82.8 cm³/mol. The van der Waals surface area contributed by atoms with E-state index >= 15 is 0 Å². The summed E-state index contributed by atoms with van der Waals surface area (Å²) in [7, 11) is 1.65. The molecular weight excluding hydrogens is 272 g/mol. The largest absolute Gasteiger partial charge is 0.497 e. The summed E-state index contributed by atoms with van der Waals surface area (Å²) >= 11 is 5.92. The van der Waals surface area contributed by atoms with Gasteiger partial charge in [-0.1, -0.05) is 36.4 Å². The Morgan fingerprint density at radius 3 is 2.55 bits per heavy atom. The molecule has 2 aromatic carbocycles. The maximum absolute atomic E-state index is 5.92. The van der Waals surface area contributed by atoms with Gasteiger partial charge in [0, 0.05) is 11.6 Å². The first-order valence-electron chi connectivity index (χ1n) is 6.73. The Balaban J connectivity index is 1.87. The highest BCUT2D eigenvalue weighted by atomic mass is 35.5. The van der Waals surface area contributed by atoms with Crippen molar-refractivity contribution in [3.63, 3.8) is 0 Å². The molecule has 0 saturated heterocycles. The molecule has 0 bridgehead atoms. The van der Waals surface area contributed by atoms with E-state index in [1.807, 2.05) is 24.3 Å². The molecule has 0 spiro atoms. The molecule has 0 aliphatic rings. The molecule has 2 nitrogen and oxygen atoms in total. The summed E-state index contributed by atoms with van der Waals surface area (Å²) in [6, 6.07) is 16.1. The topological polar surface area (TPSA) is 18.5 Å². The summed E-state index contributed by atoms with van der Waals surface area (Å²) in [4.78, 5) is 0. The lowest BCUT2D eigenvalue weighted by atomic mass is 10.1. The van der Waals surface area contributed by atoms with Crippen molar-refractivity contribution in [1.29, 1.82) is 0 Å². The molecule has 0 aromatic heterocycles. The normalized spacial score (nSPS) is 10.3. The first-order valence-corrected chi connectivity index (χ1v) is 7.26. The Morgan fingerprint density at radius 2 is 1.85 bits per heavy atom. The monoisotopic (exact) mass is 290 g/mol. The van der Waals surface area contributed by atoms with Crippen molar-refractivity contribution in [2.24, 2.45) is 0 Å². The first kappa shape index (κ1) is 14.7. The van der Waals surface area contributed by atoms with E-state index in [2.05, 4.69) is 24.3 Å². The van der Waals surface area contributed by atoms with Gasteiger partial charge in [0.2, 0.25) is 0 Å². The third-order valence-electron chi connectivity index (χ3n) is 3.13. The third-order valence-corrected chi connectivity index (χ3v) is 3.42. The van der Waals surface area contributed by atoms with Crippen LogP contribution in [0.25, 0.3) is 0 Å². The van der Waals surface area contributed by atoms with E-state index in [0.717, 1.165) is 29.9 Å². The minimum absolute atomic E-state index is 0.442. The molecule has 2 rings (SSSR count). The van der Waals surface area contributed by atoms with Crippen LogP contribution in [-0.4, -0.2) is 13.7 Å². The predicted octanol–water partition coefficient (Wildman–Crippen LogP) is 4.45. The van der Waals surface area contributed by atoms with E-state index in [-0.39, 0.29) is 0 Å². The molecule has 0 fully saturated rings. The van der Waals surface area contributed by atoms with Crippen molar-refractivity contribution in [2.45, 2.75) is 18.7 Å². The molecule has 0 N–H and O–H groups in total. The smallest absolute Gasteiger partial charge is 0.127 e. The minimum Gasteiger partial charge on any atom is -0.497 e. The second-order valence-corrected chi connectivity index (χ2v) is 4.81. The fraction of sp³-hybridized carbons (Fsp3) is 0.294. The number of benzene rings is 2. The van der Waals surface area contributed by atoms with Crippen molar-refractivity contribution in [1.82, 2.24) is 0 Å². The van der Waals surface area contributed by atoms with Crippen LogP contribution in [0, 0.1) is 0 Å². The zero-order chi connectivity index (χ0) is 14.2. The van der Waals surface area contributed by atoms with Gasteiger partial charge >= 0.3 is 0 Å². The molecule has 0 heterocycles. The van der Waals surface area contributed by atoms with Gasteiger partial charge in [0.25, 0.3) is 0 Å². The van der Waals surface area contributed by atoms with Gasteiger partial charge < -0.3 is 9.47 Å². The summed E-state index contributed by atoms with van der Waals surface area (Å²) in [6.45, 7) is 0.673. The fourth-order valence-corrected chi connectivity index (χ4v) is 2.23. The zero-order valence-corrected chi connectivity index (χ0v) is 12.4. The lowest BCUT2D eigenvalue weighted by Gasteiger charge is -2.11. The van der Waals surface area contributed by atoms with Gasteiger partial charge in [-0.2, -0.15) is 0 Å². The maximum atomic E-state index is 5.92. The van der Waals surface area contributed by atoms with Crippen LogP contribution in [0.1, 0.15) is 17.5 Å². The average Bonchev–Trinajstić information content (AvgIpc) is 2.52. The van der Waals surface area contributed by atoms with E-state index in [0.29, 0.717) is 12.5 Å². The number of aryl methyl sites for hydroxylation is 1. The molecule has 0 radical (unpaired) electrons. The standard InChI is InChI=1S/C17H19ClO2/c1-19-16-10-9-15(13-18)17(12-16)20-11-5-8-14-6-3-2-4-7-14/h2-4,6-7,9-10,12H,5,8,11,13H2,1H3. The molecule has 106 valence electrons. The second-order valence-electron chi connectivity index (χ2n) is 4.54. The van der Waals surface area contributed by atoms with E-state index in [4.69, 9.17) is 21.1 Å². The Morgan fingerprint density at radius 1 is 1.05 bits per heavy atom. The molecule has 0 aliphatic carbocycles. The van der Waals surface area contributed by atoms with E-state index in [1.165, 1.54) is 5.56 Å². The molecule has 0 aliphatic heterocycles. The fourth-order valence-electron chi connectivity index (χ4n) is 2.01. The first-order chi connectivity index (χ1) is 9.83. The third kappa shape index (κ3) is 4.17. The van der Waals surface area contributed by atoms with Crippen LogP contribution in [0.5, 0.6) is 11.5 Å². The molecule has 2 aromatic rings. The Kier molecular flexibility index (Phi) is 5.75. The van der Waals surface area contributed by atoms with Crippen LogP contribution in [0.3, 0.4) is 0 Å². The number of ether oxygens (including phenoxy) is 2. The van der Waals surface area contributed by atoms with E-state index in [9.17, 15) is 0 Å². The van der Waals surface area contributed by atoms with Crippen LogP contribution in [0.4, 0.5) is 0 Å². The number of methoxy groups -OCH3 is 1. The Labute approximate surface area is 125 Å². The van der Waals surface area contributed by atoms with Gasteiger partial charge in [-0.3, -0.25) is 0 Å². The van der Waals surface area contributed by atoms with Crippen molar-refractivity contribution in [2.75, 3.05) is 13.7 Å². The molecular formula is C17H19ClO2. The number of hydrogen-bond acceptors (Lipinski definition) is 2. The van der Waals surface area contributed by atoms with Gasteiger partial charge in [0.15, 0.2) is 0 Å². The van der Waals surface area contributed by atoms with Crippen LogP contribution in [-0.2, 0) is 12.3 Å². The van der Waals surface area contributed by atoms with Crippen molar-refractivity contribution < 1.29 is 9.47 Å². The number of alkyl halides is 1. The van der Waals surface area contributed by atoms with E-state index in [1.54, 1.807) is 7.11 Å². The van der Waals surface area contributed by atoms with Crippen molar-refractivity contribution in [3.05, 3.63) is 59.7 Å². The summed E-state index contributed by atoms with van der Waals surface area (Å²) in [6.07, 6.45) is 1.99. The molecule has 0 amide bonds. The van der Waals surface area contributed by atoms with Crippen molar-refractivity contribution in [3.8, 4) is 11.5 Å². The Bertz CT molecular complexity index is 526. The lowest BCUT2D eigenvalue weighted by molar-refractivity contribution is 0.306. The highest BCUT2D eigenvalue weighted by Crippen LogP contribution is 2.26. The summed E-state index contributed by atoms with van der Waals surface area (Å²) in [5.41, 5.74) is 2.33. The number of rotatable bonds is 7. The Hall–Kier alpha value is -1.67. The highest BCUT2D eigenvalue weighted by molar-refractivity contribution is 6.17. The van der Waals surface area contributed by atoms with Gasteiger partial charge in [-0.15, -0.1) is 11.6 Å². The number of hydrogen-bond donors (Lipinski definition) is 0. The van der Waals surface area contributed by atoms with Crippen LogP contribution >= 0.6 is 11.6 Å². The SMILES string of the molecule is COc1ccc(CCl)c(OCCCc2ccccc2)c1. The zero-order valence-electron chi connectivity index (χ0n) is 11.6. The van der Waals surface area contributed by atoms with Crippen LogP contribution < -0.4 is 9.47 Å². The molecule has 0 atom stereocenters. The van der Waals surface area contributed by atoms with E-state index < -0.39 is 0 Å². The van der Waals surface area contributed by atoms with Crippen molar-refractivity contribution >= 4 is 11.6 Å². The second kappa shape index (κ2) is 7.81. The maximum Gasteiger partial charge on any atom is 0.127 e. The summed E-state index contributed by atoms with van der Waals surface area (Å²) in [5.74, 6) is 2.04. The molecule has 0 unspecified atom stereocenters. The average molecular weight is 291 g/mol. The van der Waals surface area contributed by atoms with Gasteiger partial charge in [-0.05, 0) is 24.5 Å². The molecule has 20 heavy (non-hydrogen) atoms. The lowest BCUT2D eigenvalue weighted by Crippen LogP contribution is -2.01. The van der Waals surface area contributed by atoms with Crippen LogP contribution in [0.2, 0.25) is 0 Å². The summed E-state index contributed by atoms with van der Waals surface area (Å²) < 4.78 is 11.0. The number of halogens is 1. The summed E-state index contributed by atoms with van der Waals surface area (Å²) in [5, 5.41) is 0. The minimum atomic E-state index is 0.442. The quantitative estimate of drug-likeness (QED) is 0.554. The molecule has 3 heteroatoms. The van der Waals surface area contributed by atoms with Gasteiger partial charge in [0.1, 0.15) is 11.5 Å². The van der Waals surface area contributed by atoms with Gasteiger partial charge in [-0.25, -0.2) is 0 Å².